The van der Waals surface area contributed by atoms with Crippen molar-refractivity contribution >= 4 is 16.4 Å². The molecular formula is C46H76O12S. The molecular weight excluding hydrogens is 777 g/mol. The van der Waals surface area contributed by atoms with Crippen LogP contribution in [0.15, 0.2) is 85.1 Å². The molecule has 12 nitrogen and oxygen atoms in total. The van der Waals surface area contributed by atoms with Crippen molar-refractivity contribution in [1.29, 1.82) is 0 Å². The summed E-state index contributed by atoms with van der Waals surface area (Å²) in [6.07, 6.45) is 39.1. The zero-order valence-corrected chi connectivity index (χ0v) is 36.6. The Kier molecular flexibility index (Phi) is 34.1. The standard InChI is InChI=1S/C46H76O12S/c1-3-5-7-9-11-13-15-16-17-18-19-20-21-22-23-24-25-27-29-31-33-35-42(48)56-40(38-54-36-34-32-30-28-26-14-12-10-8-6-4-2)39-55-46-44(50)45(58-59(51,52)53)43(49)41(37-47)57-46/h5,7-8,10-11,13,16-17,19-20,22-23,25,27,40-41,43-47,49-50H,3-4,6,9,12,14-15,18,21,24,26,28-39H2,1-2H3,(H,51,52,53)/b7-5-,10-8-,13-11-,17-16-,20-19-,23-22-,27-25-. The number of carbonyl (C=O) groups excluding carboxylic acids is 1. The molecule has 4 N–H and O–H groups in total. The Hall–Kier alpha value is -2.72. The summed E-state index contributed by atoms with van der Waals surface area (Å²) in [6.45, 7) is 3.71. The normalized spacial score (nSPS) is 21.2. The Bertz CT molecular complexity index is 1350. The van der Waals surface area contributed by atoms with E-state index in [0.29, 0.717) is 13.0 Å². The Morgan fingerprint density at radius 2 is 1.17 bits per heavy atom. The van der Waals surface area contributed by atoms with Gasteiger partial charge in [-0.25, -0.2) is 4.18 Å². The fourth-order valence-corrected chi connectivity index (χ4v) is 6.48. The van der Waals surface area contributed by atoms with Gasteiger partial charge in [-0.1, -0.05) is 131 Å². The van der Waals surface area contributed by atoms with Crippen LogP contribution >= 0.6 is 0 Å². The molecule has 1 rings (SSSR count). The highest BCUT2D eigenvalue weighted by Gasteiger charge is 2.48. The predicted molar refractivity (Wildman–Crippen MR) is 234 cm³/mol. The second-order valence-electron chi connectivity index (χ2n) is 14.5. The molecule has 0 aliphatic carbocycles. The average molecular weight is 853 g/mol. The highest BCUT2D eigenvalue weighted by Crippen LogP contribution is 2.26. The number of esters is 1. The summed E-state index contributed by atoms with van der Waals surface area (Å²) in [5, 5.41) is 30.6. The molecule has 0 bridgehead atoms. The number of ether oxygens (including phenoxy) is 4. The van der Waals surface area contributed by atoms with E-state index in [1.165, 1.54) is 19.3 Å². The van der Waals surface area contributed by atoms with E-state index in [-0.39, 0.29) is 19.6 Å². The molecule has 0 saturated carbocycles. The largest absolute Gasteiger partial charge is 0.457 e. The summed E-state index contributed by atoms with van der Waals surface area (Å²) in [6, 6.07) is 0. The van der Waals surface area contributed by atoms with Crippen LogP contribution < -0.4 is 0 Å². The van der Waals surface area contributed by atoms with Crippen molar-refractivity contribution < 1.29 is 56.2 Å². The molecule has 0 aromatic carbocycles. The Morgan fingerprint density at radius 3 is 1.73 bits per heavy atom. The monoisotopic (exact) mass is 853 g/mol. The van der Waals surface area contributed by atoms with E-state index in [2.05, 4.69) is 103 Å². The molecule has 1 saturated heterocycles. The van der Waals surface area contributed by atoms with E-state index in [0.717, 1.165) is 89.9 Å². The summed E-state index contributed by atoms with van der Waals surface area (Å²) < 4.78 is 58.9. The van der Waals surface area contributed by atoms with Crippen molar-refractivity contribution in [2.75, 3.05) is 26.4 Å². The van der Waals surface area contributed by atoms with Crippen LogP contribution in [0.1, 0.15) is 136 Å². The third-order valence-corrected chi connectivity index (χ3v) is 9.70. The van der Waals surface area contributed by atoms with Crippen LogP contribution in [0.3, 0.4) is 0 Å². The van der Waals surface area contributed by atoms with Crippen molar-refractivity contribution in [3.05, 3.63) is 85.1 Å². The third kappa shape index (κ3) is 30.9. The van der Waals surface area contributed by atoms with Crippen molar-refractivity contribution in [3.63, 3.8) is 0 Å². The lowest BCUT2D eigenvalue weighted by atomic mass is 9.99. The maximum Gasteiger partial charge on any atom is 0.397 e. The van der Waals surface area contributed by atoms with Gasteiger partial charge in [-0.15, -0.1) is 0 Å². The number of unbranched alkanes of at least 4 members (excludes halogenated alkanes) is 9. The number of carbonyl (C=O) groups is 1. The minimum atomic E-state index is -5.07. The molecule has 1 fully saturated rings. The summed E-state index contributed by atoms with van der Waals surface area (Å²) in [4.78, 5) is 12.8. The van der Waals surface area contributed by atoms with Crippen molar-refractivity contribution in [2.45, 2.75) is 173 Å². The van der Waals surface area contributed by atoms with Crippen LogP contribution in [0.4, 0.5) is 0 Å². The molecule has 0 radical (unpaired) electrons. The maximum absolute atomic E-state index is 12.8. The molecule has 0 spiro atoms. The molecule has 0 aromatic rings. The van der Waals surface area contributed by atoms with Gasteiger partial charge in [0.1, 0.15) is 30.5 Å². The first-order chi connectivity index (χ1) is 28.6. The SMILES string of the molecule is CC/C=C\C/C=C\C/C=C\C/C=C\C/C=C\C/C=C\CCCCC(=O)OC(COCCCCCCCC/C=C\CCC)COC1OC(CO)C(O)C(OS(=O)(=O)O)C1O. The topological polar surface area (TPSA) is 178 Å². The Balaban J connectivity index is 2.48. The van der Waals surface area contributed by atoms with Gasteiger partial charge in [0.05, 0.1) is 19.8 Å². The van der Waals surface area contributed by atoms with Gasteiger partial charge in [0.25, 0.3) is 0 Å². The summed E-state index contributed by atoms with van der Waals surface area (Å²) in [7, 11) is -5.07. The number of rotatable bonds is 36. The van der Waals surface area contributed by atoms with Gasteiger partial charge in [-0.05, 0) is 83.5 Å². The number of aliphatic hydroxyl groups is 3. The molecule has 0 amide bonds. The molecule has 1 heterocycles. The molecule has 1 aliphatic rings. The van der Waals surface area contributed by atoms with Crippen LogP contribution in [-0.4, -0.2) is 97.5 Å². The van der Waals surface area contributed by atoms with Crippen LogP contribution in [0, 0.1) is 0 Å². The molecule has 338 valence electrons. The highest BCUT2D eigenvalue weighted by molar-refractivity contribution is 7.80. The van der Waals surface area contributed by atoms with E-state index in [9.17, 15) is 28.5 Å². The van der Waals surface area contributed by atoms with E-state index in [1.807, 2.05) is 0 Å². The fourth-order valence-electron chi connectivity index (χ4n) is 5.97. The Labute approximate surface area is 355 Å². The average Bonchev–Trinajstić information content (AvgIpc) is 3.20. The quantitative estimate of drug-likeness (QED) is 0.0204. The van der Waals surface area contributed by atoms with Crippen molar-refractivity contribution in [1.82, 2.24) is 0 Å². The lowest BCUT2D eigenvalue weighted by molar-refractivity contribution is -0.301. The van der Waals surface area contributed by atoms with Gasteiger partial charge in [-0.2, -0.15) is 8.42 Å². The zero-order valence-electron chi connectivity index (χ0n) is 35.8. The fraction of sp³-hybridized carbons (Fsp3) is 0.674. The second-order valence-corrected chi connectivity index (χ2v) is 15.6. The highest BCUT2D eigenvalue weighted by atomic mass is 32.3. The number of hydrogen-bond donors (Lipinski definition) is 4. The van der Waals surface area contributed by atoms with Gasteiger partial charge in [0.15, 0.2) is 6.29 Å². The molecule has 6 atom stereocenters. The minimum absolute atomic E-state index is 0.00812. The first-order valence-electron chi connectivity index (χ1n) is 21.8. The van der Waals surface area contributed by atoms with Crippen LogP contribution in [0.2, 0.25) is 0 Å². The van der Waals surface area contributed by atoms with Gasteiger partial charge in [0, 0.05) is 13.0 Å². The van der Waals surface area contributed by atoms with E-state index < -0.39 is 59.8 Å². The lowest BCUT2D eigenvalue weighted by Gasteiger charge is -2.41. The molecule has 59 heavy (non-hydrogen) atoms. The second kappa shape index (κ2) is 37.1. The number of aliphatic hydroxyl groups excluding tert-OH is 3. The van der Waals surface area contributed by atoms with E-state index in [4.69, 9.17) is 23.5 Å². The number of hydrogen-bond acceptors (Lipinski definition) is 11. The smallest absolute Gasteiger partial charge is 0.397 e. The van der Waals surface area contributed by atoms with Crippen LogP contribution in [0.25, 0.3) is 0 Å². The number of allylic oxidation sites excluding steroid dienone is 14. The first-order valence-corrected chi connectivity index (χ1v) is 23.2. The lowest BCUT2D eigenvalue weighted by Crippen LogP contribution is -2.60. The van der Waals surface area contributed by atoms with E-state index >= 15 is 0 Å². The Morgan fingerprint density at radius 1 is 0.661 bits per heavy atom. The van der Waals surface area contributed by atoms with Crippen LogP contribution in [0.5, 0.6) is 0 Å². The van der Waals surface area contributed by atoms with Gasteiger partial charge >= 0.3 is 16.4 Å². The first kappa shape index (κ1) is 54.3. The minimum Gasteiger partial charge on any atom is -0.457 e. The van der Waals surface area contributed by atoms with Crippen molar-refractivity contribution in [3.8, 4) is 0 Å². The summed E-state index contributed by atoms with van der Waals surface area (Å²) in [5.74, 6) is -0.448. The summed E-state index contributed by atoms with van der Waals surface area (Å²) in [5.41, 5.74) is 0. The zero-order chi connectivity index (χ0) is 43.2. The molecule has 1 aliphatic heterocycles. The summed E-state index contributed by atoms with van der Waals surface area (Å²) >= 11 is 0. The van der Waals surface area contributed by atoms with E-state index in [1.54, 1.807) is 0 Å². The van der Waals surface area contributed by atoms with Crippen LogP contribution in [-0.2, 0) is 38.3 Å². The molecule has 0 aromatic heterocycles. The maximum atomic E-state index is 12.8. The predicted octanol–water partition coefficient (Wildman–Crippen LogP) is 8.90. The van der Waals surface area contributed by atoms with Crippen molar-refractivity contribution in [2.24, 2.45) is 0 Å². The molecule has 13 heteroatoms. The van der Waals surface area contributed by atoms with Gasteiger partial charge in [-0.3, -0.25) is 9.35 Å². The third-order valence-electron chi connectivity index (χ3n) is 9.23. The van der Waals surface area contributed by atoms with Gasteiger partial charge in [0.2, 0.25) is 0 Å². The molecule has 6 unspecified atom stereocenters. The van der Waals surface area contributed by atoms with Gasteiger partial charge < -0.3 is 34.3 Å².